The van der Waals surface area contributed by atoms with Gasteiger partial charge in [-0.1, -0.05) is 6.07 Å². The highest BCUT2D eigenvalue weighted by molar-refractivity contribution is 6.04. The van der Waals surface area contributed by atoms with E-state index in [0.29, 0.717) is 6.04 Å². The third-order valence-corrected chi connectivity index (χ3v) is 4.66. The molecular formula is C20H23N3O2. The van der Waals surface area contributed by atoms with Crippen molar-refractivity contribution in [1.82, 2.24) is 10.2 Å². The SMILES string of the molecule is COc1ccc2c(c1)Oc1cc(C)ccc1N=C2N1CCNC(C)C1. The number of benzene rings is 2. The van der Waals surface area contributed by atoms with Crippen molar-refractivity contribution < 1.29 is 9.47 Å². The minimum atomic E-state index is 0.430. The van der Waals surface area contributed by atoms with E-state index in [1.165, 1.54) is 0 Å². The maximum Gasteiger partial charge on any atom is 0.153 e. The van der Waals surface area contributed by atoms with E-state index in [4.69, 9.17) is 14.5 Å². The van der Waals surface area contributed by atoms with Crippen molar-refractivity contribution in [2.75, 3.05) is 26.7 Å². The fraction of sp³-hybridized carbons (Fsp3) is 0.350. The molecule has 5 heteroatoms. The number of fused-ring (bicyclic) bond motifs is 2. The summed E-state index contributed by atoms with van der Waals surface area (Å²) in [6, 6.07) is 12.5. The first-order valence-corrected chi connectivity index (χ1v) is 8.68. The number of hydrogen-bond acceptors (Lipinski definition) is 5. The monoisotopic (exact) mass is 337 g/mol. The summed E-state index contributed by atoms with van der Waals surface area (Å²) in [4.78, 5) is 7.32. The normalized spacial score (nSPS) is 19.2. The predicted octanol–water partition coefficient (Wildman–Crippen LogP) is 3.48. The molecule has 0 radical (unpaired) electrons. The van der Waals surface area contributed by atoms with E-state index < -0.39 is 0 Å². The lowest BCUT2D eigenvalue weighted by Gasteiger charge is -2.34. The summed E-state index contributed by atoms with van der Waals surface area (Å²) in [6.07, 6.45) is 0. The molecule has 2 aromatic rings. The van der Waals surface area contributed by atoms with Crippen LogP contribution in [0, 0.1) is 6.92 Å². The van der Waals surface area contributed by atoms with Crippen molar-refractivity contribution in [3.05, 3.63) is 47.5 Å². The smallest absolute Gasteiger partial charge is 0.153 e. The first-order valence-electron chi connectivity index (χ1n) is 8.68. The van der Waals surface area contributed by atoms with Gasteiger partial charge in [-0.2, -0.15) is 0 Å². The molecule has 1 unspecified atom stereocenters. The van der Waals surface area contributed by atoms with Crippen LogP contribution in [0.15, 0.2) is 41.4 Å². The number of piperazine rings is 1. The lowest BCUT2D eigenvalue weighted by atomic mass is 10.1. The number of rotatable bonds is 1. The van der Waals surface area contributed by atoms with Gasteiger partial charge in [0.25, 0.3) is 0 Å². The molecule has 2 heterocycles. The number of nitrogens with one attached hydrogen (secondary N) is 1. The van der Waals surface area contributed by atoms with Crippen LogP contribution in [0.5, 0.6) is 17.2 Å². The van der Waals surface area contributed by atoms with E-state index in [1.807, 2.05) is 30.3 Å². The molecule has 2 aliphatic rings. The summed E-state index contributed by atoms with van der Waals surface area (Å²) < 4.78 is 11.6. The third-order valence-electron chi connectivity index (χ3n) is 4.66. The lowest BCUT2D eigenvalue weighted by molar-refractivity contribution is 0.304. The van der Waals surface area contributed by atoms with Crippen molar-refractivity contribution >= 4 is 11.5 Å². The van der Waals surface area contributed by atoms with E-state index in [-0.39, 0.29) is 0 Å². The fourth-order valence-electron chi connectivity index (χ4n) is 3.35. The molecule has 0 spiro atoms. The Balaban J connectivity index is 1.86. The molecule has 5 nitrogen and oxygen atoms in total. The summed E-state index contributed by atoms with van der Waals surface area (Å²) in [5.41, 5.74) is 3.02. The topological polar surface area (TPSA) is 46.1 Å². The molecule has 130 valence electrons. The molecule has 0 aliphatic carbocycles. The van der Waals surface area contributed by atoms with Gasteiger partial charge in [-0.3, -0.25) is 0 Å². The molecular weight excluding hydrogens is 314 g/mol. The number of hydrogen-bond donors (Lipinski definition) is 1. The second-order valence-corrected chi connectivity index (χ2v) is 6.67. The average molecular weight is 337 g/mol. The Morgan fingerprint density at radius 2 is 2.08 bits per heavy atom. The first kappa shape index (κ1) is 16.0. The molecule has 0 aromatic heterocycles. The Bertz CT molecular complexity index is 832. The average Bonchev–Trinajstić information content (AvgIpc) is 2.77. The summed E-state index contributed by atoms with van der Waals surface area (Å²) in [6.45, 7) is 7.06. The summed E-state index contributed by atoms with van der Waals surface area (Å²) in [5.74, 6) is 3.32. The Morgan fingerprint density at radius 1 is 1.20 bits per heavy atom. The van der Waals surface area contributed by atoms with Crippen LogP contribution in [0.1, 0.15) is 18.1 Å². The molecule has 0 bridgehead atoms. The van der Waals surface area contributed by atoms with Crippen LogP contribution in [0.3, 0.4) is 0 Å². The van der Waals surface area contributed by atoms with E-state index in [0.717, 1.165) is 59.5 Å². The van der Waals surface area contributed by atoms with Gasteiger partial charge in [-0.15, -0.1) is 0 Å². The molecule has 0 saturated carbocycles. The number of aliphatic imine (C=N–C) groups is 1. The van der Waals surface area contributed by atoms with Crippen LogP contribution < -0.4 is 14.8 Å². The minimum Gasteiger partial charge on any atom is -0.497 e. The van der Waals surface area contributed by atoms with Crippen LogP contribution >= 0.6 is 0 Å². The van der Waals surface area contributed by atoms with E-state index in [1.54, 1.807) is 7.11 Å². The molecule has 2 aromatic carbocycles. The fourth-order valence-corrected chi connectivity index (χ4v) is 3.35. The second-order valence-electron chi connectivity index (χ2n) is 6.67. The van der Waals surface area contributed by atoms with Gasteiger partial charge >= 0.3 is 0 Å². The van der Waals surface area contributed by atoms with Gasteiger partial charge in [0, 0.05) is 31.7 Å². The molecule has 1 fully saturated rings. The Labute approximate surface area is 148 Å². The van der Waals surface area contributed by atoms with Gasteiger partial charge in [0.1, 0.15) is 23.0 Å². The zero-order valence-corrected chi connectivity index (χ0v) is 14.9. The molecule has 1 N–H and O–H groups in total. The van der Waals surface area contributed by atoms with Crippen LogP contribution in [-0.4, -0.2) is 43.5 Å². The number of nitrogens with zero attached hydrogens (tertiary/aromatic N) is 2. The number of amidine groups is 1. The van der Waals surface area contributed by atoms with Gasteiger partial charge < -0.3 is 19.7 Å². The summed E-state index contributed by atoms with van der Waals surface area (Å²) in [7, 11) is 1.67. The molecule has 1 saturated heterocycles. The quantitative estimate of drug-likeness (QED) is 0.865. The zero-order valence-electron chi connectivity index (χ0n) is 14.9. The summed E-state index contributed by atoms with van der Waals surface area (Å²) >= 11 is 0. The number of aryl methyl sites for hydroxylation is 1. The predicted molar refractivity (Wildman–Crippen MR) is 99.5 cm³/mol. The van der Waals surface area contributed by atoms with Gasteiger partial charge in [-0.05, 0) is 43.7 Å². The van der Waals surface area contributed by atoms with Crippen LogP contribution in [0.4, 0.5) is 5.69 Å². The van der Waals surface area contributed by atoms with Crippen LogP contribution in [0.2, 0.25) is 0 Å². The maximum atomic E-state index is 6.24. The van der Waals surface area contributed by atoms with Crippen LogP contribution in [-0.2, 0) is 0 Å². The molecule has 1 atom stereocenters. The van der Waals surface area contributed by atoms with E-state index in [2.05, 4.69) is 30.1 Å². The molecule has 0 amide bonds. The standard InChI is InChI=1S/C20H23N3O2/c1-13-4-7-17-19(10-13)25-18-11-15(24-3)5-6-16(18)20(22-17)23-9-8-21-14(2)12-23/h4-7,10-11,14,21H,8-9,12H2,1-3H3. The largest absolute Gasteiger partial charge is 0.497 e. The minimum absolute atomic E-state index is 0.430. The van der Waals surface area contributed by atoms with Crippen molar-refractivity contribution in [1.29, 1.82) is 0 Å². The van der Waals surface area contributed by atoms with Crippen LogP contribution in [0.25, 0.3) is 0 Å². The van der Waals surface area contributed by atoms with Gasteiger partial charge in [0.15, 0.2) is 5.75 Å². The summed E-state index contributed by atoms with van der Waals surface area (Å²) in [5, 5.41) is 3.49. The van der Waals surface area contributed by atoms with Crippen molar-refractivity contribution in [3.63, 3.8) is 0 Å². The van der Waals surface area contributed by atoms with Crippen molar-refractivity contribution in [3.8, 4) is 17.2 Å². The highest BCUT2D eigenvalue weighted by Gasteiger charge is 2.26. The first-order chi connectivity index (χ1) is 12.1. The van der Waals surface area contributed by atoms with E-state index in [9.17, 15) is 0 Å². The maximum absolute atomic E-state index is 6.24. The van der Waals surface area contributed by atoms with Crippen molar-refractivity contribution in [2.24, 2.45) is 4.99 Å². The Morgan fingerprint density at radius 3 is 2.88 bits per heavy atom. The van der Waals surface area contributed by atoms with E-state index >= 15 is 0 Å². The van der Waals surface area contributed by atoms with Gasteiger partial charge in [0.05, 0.1) is 12.7 Å². The molecule has 4 rings (SSSR count). The second kappa shape index (κ2) is 6.41. The van der Waals surface area contributed by atoms with Gasteiger partial charge in [0.2, 0.25) is 0 Å². The molecule has 2 aliphatic heterocycles. The highest BCUT2D eigenvalue weighted by Crippen LogP contribution is 2.40. The Hall–Kier alpha value is -2.53. The molecule has 25 heavy (non-hydrogen) atoms. The van der Waals surface area contributed by atoms with Gasteiger partial charge in [-0.25, -0.2) is 4.99 Å². The zero-order chi connectivity index (χ0) is 17.4. The third kappa shape index (κ3) is 3.07. The highest BCUT2D eigenvalue weighted by atomic mass is 16.5. The lowest BCUT2D eigenvalue weighted by Crippen LogP contribution is -2.51. The Kier molecular flexibility index (Phi) is 4.09. The van der Waals surface area contributed by atoms with Crippen molar-refractivity contribution in [2.45, 2.75) is 19.9 Å². The number of ether oxygens (including phenoxy) is 2. The number of methoxy groups -OCH3 is 1.